The van der Waals surface area contributed by atoms with Gasteiger partial charge in [-0.1, -0.05) is 0 Å². The van der Waals surface area contributed by atoms with Crippen LogP contribution in [0, 0.1) is 0 Å². The third-order valence-corrected chi connectivity index (χ3v) is 2.82. The molecule has 3 atom stereocenters. The number of ether oxygens (including phenoxy) is 1. The Balaban J connectivity index is 2.73. The maximum absolute atomic E-state index is 11.9. The predicted molar refractivity (Wildman–Crippen MR) is 59.9 cm³/mol. The molecule has 2 amide bonds. The molecule has 0 radical (unpaired) electrons. The van der Waals surface area contributed by atoms with Gasteiger partial charge in [-0.3, -0.25) is 9.59 Å². The van der Waals surface area contributed by atoms with Gasteiger partial charge in [0, 0.05) is 6.61 Å². The highest BCUT2D eigenvalue weighted by molar-refractivity contribution is 5.96. The van der Waals surface area contributed by atoms with Gasteiger partial charge in [0.2, 0.25) is 11.8 Å². The zero-order chi connectivity index (χ0) is 12.3. The standard InChI is InChI=1S/C11H20N2O3/c1-5-16-6-7(2)13-9(4)10(14)12-8(3)11(13)15/h7-9H,5-6H2,1-4H3,(H,12,14). The van der Waals surface area contributed by atoms with E-state index < -0.39 is 12.1 Å². The Kier molecular flexibility index (Phi) is 4.29. The molecule has 1 aliphatic rings. The maximum Gasteiger partial charge on any atom is 0.245 e. The Morgan fingerprint density at radius 3 is 2.62 bits per heavy atom. The highest BCUT2D eigenvalue weighted by Crippen LogP contribution is 2.13. The smallest absolute Gasteiger partial charge is 0.245 e. The second kappa shape index (κ2) is 5.30. The van der Waals surface area contributed by atoms with Crippen LogP contribution in [0.2, 0.25) is 0 Å². The Hall–Kier alpha value is -1.10. The molecule has 0 spiro atoms. The molecule has 0 saturated carbocycles. The van der Waals surface area contributed by atoms with Crippen LogP contribution in [-0.4, -0.2) is 48.1 Å². The van der Waals surface area contributed by atoms with Crippen LogP contribution in [0.3, 0.4) is 0 Å². The van der Waals surface area contributed by atoms with Gasteiger partial charge in [-0.2, -0.15) is 0 Å². The number of rotatable bonds is 4. The number of nitrogens with one attached hydrogen (secondary N) is 1. The lowest BCUT2D eigenvalue weighted by Gasteiger charge is -2.39. The van der Waals surface area contributed by atoms with Gasteiger partial charge in [-0.15, -0.1) is 0 Å². The van der Waals surface area contributed by atoms with Gasteiger partial charge >= 0.3 is 0 Å². The topological polar surface area (TPSA) is 58.6 Å². The molecule has 1 N–H and O–H groups in total. The lowest BCUT2D eigenvalue weighted by molar-refractivity contribution is -0.151. The first-order valence-electron chi connectivity index (χ1n) is 5.69. The second-order valence-electron chi connectivity index (χ2n) is 4.16. The molecular weight excluding hydrogens is 208 g/mol. The number of hydrogen-bond acceptors (Lipinski definition) is 3. The molecule has 1 saturated heterocycles. The number of carbonyl (C=O) groups is 2. The van der Waals surface area contributed by atoms with E-state index >= 15 is 0 Å². The van der Waals surface area contributed by atoms with Crippen LogP contribution in [0.25, 0.3) is 0 Å². The van der Waals surface area contributed by atoms with Crippen LogP contribution >= 0.6 is 0 Å². The van der Waals surface area contributed by atoms with Gasteiger partial charge < -0.3 is 15.0 Å². The lowest BCUT2D eigenvalue weighted by atomic mass is 10.1. The minimum Gasteiger partial charge on any atom is -0.380 e. The molecule has 92 valence electrons. The van der Waals surface area contributed by atoms with E-state index in [9.17, 15) is 9.59 Å². The van der Waals surface area contributed by atoms with Crippen molar-refractivity contribution in [3.63, 3.8) is 0 Å². The number of nitrogens with zero attached hydrogens (tertiary/aromatic N) is 1. The van der Waals surface area contributed by atoms with Crippen LogP contribution in [0.1, 0.15) is 27.7 Å². The van der Waals surface area contributed by atoms with Gasteiger partial charge in [0.05, 0.1) is 12.6 Å². The minimum atomic E-state index is -0.437. The Bertz CT molecular complexity index is 280. The molecule has 0 aromatic heterocycles. The van der Waals surface area contributed by atoms with E-state index in [-0.39, 0.29) is 17.9 Å². The molecule has 0 bridgehead atoms. The largest absolute Gasteiger partial charge is 0.380 e. The third-order valence-electron chi connectivity index (χ3n) is 2.82. The molecule has 1 rings (SSSR count). The zero-order valence-electron chi connectivity index (χ0n) is 10.3. The minimum absolute atomic E-state index is 0.0423. The molecular formula is C11H20N2O3. The fourth-order valence-electron chi connectivity index (χ4n) is 1.90. The molecule has 0 aromatic carbocycles. The van der Waals surface area contributed by atoms with E-state index in [1.54, 1.807) is 18.7 Å². The average Bonchev–Trinajstić information content (AvgIpc) is 2.24. The summed E-state index contributed by atoms with van der Waals surface area (Å²) in [6.07, 6.45) is 0. The van der Waals surface area contributed by atoms with Gasteiger partial charge in [0.25, 0.3) is 0 Å². The summed E-state index contributed by atoms with van der Waals surface area (Å²) in [7, 11) is 0. The monoisotopic (exact) mass is 228 g/mol. The predicted octanol–water partition coefficient (Wildman–Crippen LogP) is 0.147. The zero-order valence-corrected chi connectivity index (χ0v) is 10.3. The number of carbonyl (C=O) groups excluding carboxylic acids is 2. The van der Waals surface area contributed by atoms with Crippen molar-refractivity contribution in [3.8, 4) is 0 Å². The van der Waals surface area contributed by atoms with Crippen LogP contribution in [0.15, 0.2) is 0 Å². The fourth-order valence-corrected chi connectivity index (χ4v) is 1.90. The van der Waals surface area contributed by atoms with Crippen LogP contribution in [0.5, 0.6) is 0 Å². The second-order valence-corrected chi connectivity index (χ2v) is 4.16. The van der Waals surface area contributed by atoms with E-state index in [1.165, 1.54) is 0 Å². The van der Waals surface area contributed by atoms with Crippen molar-refractivity contribution in [1.82, 2.24) is 10.2 Å². The van der Waals surface area contributed by atoms with E-state index in [4.69, 9.17) is 4.74 Å². The van der Waals surface area contributed by atoms with Crippen LogP contribution < -0.4 is 5.32 Å². The normalized spacial score (nSPS) is 27.9. The first kappa shape index (κ1) is 13.0. The number of piperazine rings is 1. The summed E-state index contributed by atoms with van der Waals surface area (Å²) in [6, 6.07) is -0.928. The Labute approximate surface area is 96.1 Å². The van der Waals surface area contributed by atoms with Gasteiger partial charge in [0.15, 0.2) is 0 Å². The highest BCUT2D eigenvalue weighted by atomic mass is 16.5. The van der Waals surface area contributed by atoms with E-state index in [2.05, 4.69) is 5.32 Å². The van der Waals surface area contributed by atoms with Crippen molar-refractivity contribution in [2.45, 2.75) is 45.8 Å². The summed E-state index contributed by atoms with van der Waals surface area (Å²) >= 11 is 0. The molecule has 5 nitrogen and oxygen atoms in total. The van der Waals surface area contributed by atoms with Crippen molar-refractivity contribution in [2.24, 2.45) is 0 Å². The quantitative estimate of drug-likeness (QED) is 0.745. The van der Waals surface area contributed by atoms with Crippen molar-refractivity contribution in [3.05, 3.63) is 0 Å². The molecule has 0 aliphatic carbocycles. The Morgan fingerprint density at radius 2 is 2.06 bits per heavy atom. The van der Waals surface area contributed by atoms with Crippen LogP contribution in [-0.2, 0) is 14.3 Å². The van der Waals surface area contributed by atoms with Gasteiger partial charge in [0.1, 0.15) is 12.1 Å². The summed E-state index contributed by atoms with van der Waals surface area (Å²) < 4.78 is 5.29. The molecule has 1 fully saturated rings. The summed E-state index contributed by atoms with van der Waals surface area (Å²) in [5.41, 5.74) is 0. The SMILES string of the molecule is CCOCC(C)N1C(=O)C(C)NC(=O)C1C. The van der Waals surface area contributed by atoms with Gasteiger partial charge in [-0.25, -0.2) is 0 Å². The van der Waals surface area contributed by atoms with Crippen LogP contribution in [0.4, 0.5) is 0 Å². The van der Waals surface area contributed by atoms with Crippen molar-refractivity contribution in [1.29, 1.82) is 0 Å². The van der Waals surface area contributed by atoms with E-state index in [1.807, 2.05) is 13.8 Å². The molecule has 5 heteroatoms. The Morgan fingerprint density at radius 1 is 1.44 bits per heavy atom. The van der Waals surface area contributed by atoms with Crippen molar-refractivity contribution >= 4 is 11.8 Å². The number of hydrogen-bond donors (Lipinski definition) is 1. The molecule has 1 heterocycles. The van der Waals surface area contributed by atoms with Crippen molar-refractivity contribution in [2.75, 3.05) is 13.2 Å². The number of amides is 2. The molecule has 3 unspecified atom stereocenters. The first-order chi connectivity index (χ1) is 7.49. The first-order valence-corrected chi connectivity index (χ1v) is 5.69. The van der Waals surface area contributed by atoms with Crippen molar-refractivity contribution < 1.29 is 14.3 Å². The molecule has 16 heavy (non-hydrogen) atoms. The third kappa shape index (κ3) is 2.52. The van der Waals surface area contributed by atoms with E-state index in [0.29, 0.717) is 13.2 Å². The average molecular weight is 228 g/mol. The lowest BCUT2D eigenvalue weighted by Crippen LogP contribution is -2.64. The molecule has 0 aromatic rings. The summed E-state index contributed by atoms with van der Waals surface area (Å²) in [5.74, 6) is -0.144. The highest BCUT2D eigenvalue weighted by Gasteiger charge is 2.38. The van der Waals surface area contributed by atoms with Gasteiger partial charge in [-0.05, 0) is 27.7 Å². The summed E-state index contributed by atoms with van der Waals surface area (Å²) in [6.45, 7) is 8.32. The summed E-state index contributed by atoms with van der Waals surface area (Å²) in [4.78, 5) is 25.1. The van der Waals surface area contributed by atoms with E-state index in [0.717, 1.165) is 0 Å². The fraction of sp³-hybridized carbons (Fsp3) is 0.818. The molecule has 1 aliphatic heterocycles. The summed E-state index contributed by atoms with van der Waals surface area (Å²) in [5, 5.41) is 2.65. The maximum atomic E-state index is 11.9.